The van der Waals surface area contributed by atoms with Gasteiger partial charge in [-0.2, -0.15) is 0 Å². The van der Waals surface area contributed by atoms with E-state index in [0.717, 1.165) is 12.8 Å². The standard InChI is InChI=1S/C15H30N2O5/c1-11(13(18)21-6)17-12(10-20-5)8-7-9-16-14(19)22-15(2,3)4/h11-12,17H,7-10H2,1-6H3,(H,16,19). The molecule has 0 aromatic rings. The van der Waals surface area contributed by atoms with Gasteiger partial charge in [0.1, 0.15) is 11.6 Å². The molecule has 0 saturated carbocycles. The zero-order valence-electron chi connectivity index (χ0n) is 14.5. The van der Waals surface area contributed by atoms with Crippen LogP contribution >= 0.6 is 0 Å². The van der Waals surface area contributed by atoms with Crippen LogP contribution < -0.4 is 10.6 Å². The van der Waals surface area contributed by atoms with Crippen molar-refractivity contribution in [2.45, 2.75) is 58.2 Å². The Kier molecular flexibility index (Phi) is 9.76. The van der Waals surface area contributed by atoms with E-state index in [2.05, 4.69) is 15.4 Å². The van der Waals surface area contributed by atoms with Gasteiger partial charge in [-0.3, -0.25) is 10.1 Å². The molecule has 0 radical (unpaired) electrons. The van der Waals surface area contributed by atoms with E-state index in [-0.39, 0.29) is 12.0 Å². The van der Waals surface area contributed by atoms with Crippen molar-refractivity contribution < 1.29 is 23.8 Å². The molecule has 7 nitrogen and oxygen atoms in total. The van der Waals surface area contributed by atoms with Crippen molar-refractivity contribution in [3.8, 4) is 0 Å². The van der Waals surface area contributed by atoms with Gasteiger partial charge >= 0.3 is 12.1 Å². The van der Waals surface area contributed by atoms with Crippen molar-refractivity contribution in [2.24, 2.45) is 0 Å². The fraction of sp³-hybridized carbons (Fsp3) is 0.867. The minimum atomic E-state index is -0.500. The molecule has 2 N–H and O–H groups in total. The van der Waals surface area contributed by atoms with E-state index in [1.54, 1.807) is 14.0 Å². The van der Waals surface area contributed by atoms with Crippen molar-refractivity contribution in [2.75, 3.05) is 27.4 Å². The molecule has 0 heterocycles. The SMILES string of the molecule is COCC(CCCNC(=O)OC(C)(C)C)NC(C)C(=O)OC. The molecule has 0 aliphatic heterocycles. The maximum Gasteiger partial charge on any atom is 0.407 e. The van der Waals surface area contributed by atoms with Crippen molar-refractivity contribution in [3.63, 3.8) is 0 Å². The summed E-state index contributed by atoms with van der Waals surface area (Å²) in [4.78, 5) is 22.9. The van der Waals surface area contributed by atoms with Gasteiger partial charge in [0.15, 0.2) is 0 Å². The number of hydrogen-bond donors (Lipinski definition) is 2. The monoisotopic (exact) mass is 318 g/mol. The number of nitrogens with one attached hydrogen (secondary N) is 2. The van der Waals surface area contributed by atoms with Gasteiger partial charge < -0.3 is 19.5 Å². The quantitative estimate of drug-likeness (QED) is 0.494. The minimum absolute atomic E-state index is 0.0135. The average Bonchev–Trinajstić information content (AvgIpc) is 2.40. The summed E-state index contributed by atoms with van der Waals surface area (Å²) in [6.45, 7) is 8.18. The number of ether oxygens (including phenoxy) is 3. The van der Waals surface area contributed by atoms with Gasteiger partial charge in [0.05, 0.1) is 13.7 Å². The van der Waals surface area contributed by atoms with Crippen molar-refractivity contribution in [1.29, 1.82) is 0 Å². The Balaban J connectivity index is 4.05. The molecule has 0 aromatic heterocycles. The zero-order valence-corrected chi connectivity index (χ0v) is 14.5. The Labute approximate surface area is 133 Å². The van der Waals surface area contributed by atoms with Gasteiger partial charge in [-0.05, 0) is 40.5 Å². The highest BCUT2D eigenvalue weighted by molar-refractivity contribution is 5.75. The molecule has 0 bridgehead atoms. The molecular weight excluding hydrogens is 288 g/mol. The first-order valence-corrected chi connectivity index (χ1v) is 7.49. The van der Waals surface area contributed by atoms with Crippen molar-refractivity contribution in [3.05, 3.63) is 0 Å². The second kappa shape index (κ2) is 10.4. The Morgan fingerprint density at radius 1 is 1.18 bits per heavy atom. The summed E-state index contributed by atoms with van der Waals surface area (Å²) in [7, 11) is 2.97. The third-order valence-corrected chi connectivity index (χ3v) is 2.81. The largest absolute Gasteiger partial charge is 0.468 e. The molecule has 0 fully saturated rings. The molecule has 0 aliphatic carbocycles. The highest BCUT2D eigenvalue weighted by atomic mass is 16.6. The number of esters is 1. The number of alkyl carbamates (subject to hydrolysis) is 1. The summed E-state index contributed by atoms with van der Waals surface area (Å²) in [5.41, 5.74) is -0.500. The lowest BCUT2D eigenvalue weighted by atomic mass is 10.1. The lowest BCUT2D eigenvalue weighted by Gasteiger charge is -2.22. The predicted octanol–water partition coefficient (Wildman–Crippen LogP) is 1.46. The smallest absolute Gasteiger partial charge is 0.407 e. The summed E-state index contributed by atoms with van der Waals surface area (Å²) in [5.74, 6) is -0.312. The van der Waals surface area contributed by atoms with E-state index in [0.29, 0.717) is 13.2 Å². The lowest BCUT2D eigenvalue weighted by molar-refractivity contribution is -0.143. The van der Waals surface area contributed by atoms with Crippen LogP contribution in [0.15, 0.2) is 0 Å². The van der Waals surface area contributed by atoms with Crippen LogP contribution in [0.2, 0.25) is 0 Å². The summed E-state index contributed by atoms with van der Waals surface area (Å²) in [5, 5.41) is 5.85. The Morgan fingerprint density at radius 3 is 2.32 bits per heavy atom. The molecule has 7 heteroatoms. The lowest BCUT2D eigenvalue weighted by Crippen LogP contribution is -2.44. The van der Waals surface area contributed by atoms with Crippen LogP contribution in [0.3, 0.4) is 0 Å². The van der Waals surface area contributed by atoms with E-state index in [4.69, 9.17) is 9.47 Å². The van der Waals surface area contributed by atoms with Crippen LogP contribution in [0.5, 0.6) is 0 Å². The van der Waals surface area contributed by atoms with E-state index in [1.807, 2.05) is 20.8 Å². The van der Waals surface area contributed by atoms with Gasteiger partial charge in [-0.25, -0.2) is 4.79 Å². The number of amides is 1. The minimum Gasteiger partial charge on any atom is -0.468 e. The molecule has 0 saturated heterocycles. The number of carbonyl (C=O) groups excluding carboxylic acids is 2. The summed E-state index contributed by atoms with van der Waals surface area (Å²) < 4.78 is 15.0. The Bertz CT molecular complexity index is 341. The van der Waals surface area contributed by atoms with Gasteiger partial charge in [0, 0.05) is 19.7 Å². The maximum absolute atomic E-state index is 11.5. The molecule has 130 valence electrons. The third kappa shape index (κ3) is 10.4. The first-order chi connectivity index (χ1) is 10.2. The van der Waals surface area contributed by atoms with Crippen molar-refractivity contribution >= 4 is 12.1 Å². The van der Waals surface area contributed by atoms with E-state index in [1.165, 1.54) is 7.11 Å². The Morgan fingerprint density at radius 2 is 1.82 bits per heavy atom. The Hall–Kier alpha value is -1.34. The van der Waals surface area contributed by atoms with Gasteiger partial charge in [-0.15, -0.1) is 0 Å². The van der Waals surface area contributed by atoms with Gasteiger partial charge in [-0.1, -0.05) is 0 Å². The molecular formula is C15H30N2O5. The molecule has 2 atom stereocenters. The number of hydrogen-bond acceptors (Lipinski definition) is 6. The van der Waals surface area contributed by atoms with Crippen LogP contribution in [0.1, 0.15) is 40.5 Å². The first kappa shape index (κ1) is 20.7. The number of carbonyl (C=O) groups is 2. The molecule has 0 aromatic carbocycles. The second-order valence-corrected chi connectivity index (χ2v) is 6.13. The molecule has 0 rings (SSSR count). The summed E-state index contributed by atoms with van der Waals surface area (Å²) in [6, 6.07) is -0.386. The van der Waals surface area contributed by atoms with Crippen LogP contribution in [-0.4, -0.2) is 57.1 Å². The van der Waals surface area contributed by atoms with Gasteiger partial charge in [0.2, 0.25) is 0 Å². The van der Waals surface area contributed by atoms with Crippen LogP contribution in [0.25, 0.3) is 0 Å². The molecule has 1 amide bonds. The predicted molar refractivity (Wildman–Crippen MR) is 83.7 cm³/mol. The molecule has 0 aliphatic rings. The molecule has 22 heavy (non-hydrogen) atoms. The third-order valence-electron chi connectivity index (χ3n) is 2.81. The normalized spacial score (nSPS) is 14.1. The fourth-order valence-corrected chi connectivity index (χ4v) is 1.87. The highest BCUT2D eigenvalue weighted by Crippen LogP contribution is 2.06. The van der Waals surface area contributed by atoms with Crippen LogP contribution in [0, 0.1) is 0 Å². The van der Waals surface area contributed by atoms with Crippen LogP contribution in [0.4, 0.5) is 4.79 Å². The van der Waals surface area contributed by atoms with E-state index >= 15 is 0 Å². The topological polar surface area (TPSA) is 85.9 Å². The zero-order chi connectivity index (χ0) is 17.2. The van der Waals surface area contributed by atoms with E-state index < -0.39 is 17.7 Å². The fourth-order valence-electron chi connectivity index (χ4n) is 1.87. The molecule has 0 spiro atoms. The number of rotatable bonds is 9. The van der Waals surface area contributed by atoms with Crippen molar-refractivity contribution in [1.82, 2.24) is 10.6 Å². The van der Waals surface area contributed by atoms with Crippen LogP contribution in [-0.2, 0) is 19.0 Å². The first-order valence-electron chi connectivity index (χ1n) is 7.49. The number of methoxy groups -OCH3 is 2. The highest BCUT2D eigenvalue weighted by Gasteiger charge is 2.19. The maximum atomic E-state index is 11.5. The molecule has 2 unspecified atom stereocenters. The van der Waals surface area contributed by atoms with E-state index in [9.17, 15) is 9.59 Å². The summed E-state index contributed by atoms with van der Waals surface area (Å²) in [6.07, 6.45) is 1.07. The average molecular weight is 318 g/mol. The van der Waals surface area contributed by atoms with Gasteiger partial charge in [0.25, 0.3) is 0 Å². The second-order valence-electron chi connectivity index (χ2n) is 6.13. The summed E-state index contributed by atoms with van der Waals surface area (Å²) >= 11 is 0.